The quantitative estimate of drug-likeness (QED) is 0.720. The molecule has 8 heteroatoms. The Morgan fingerprint density at radius 3 is 2.46 bits per heavy atom. The summed E-state index contributed by atoms with van der Waals surface area (Å²) in [6, 6.07) is 10.9. The van der Waals surface area contributed by atoms with Gasteiger partial charge >= 0.3 is 6.18 Å². The van der Waals surface area contributed by atoms with Crippen LogP contribution >= 0.6 is 0 Å². The number of amides is 1. The third-order valence-corrected chi connectivity index (χ3v) is 4.96. The van der Waals surface area contributed by atoms with Gasteiger partial charge in [0.15, 0.2) is 17.0 Å². The van der Waals surface area contributed by atoms with Gasteiger partial charge in [-0.3, -0.25) is 4.79 Å². The first kappa shape index (κ1) is 18.5. The molecule has 1 amide bonds. The van der Waals surface area contributed by atoms with Crippen LogP contribution in [-0.4, -0.2) is 26.5 Å². The summed E-state index contributed by atoms with van der Waals surface area (Å²) in [5, 5.41) is 6.78. The van der Waals surface area contributed by atoms with E-state index in [1.165, 1.54) is 6.07 Å². The number of halogens is 3. The maximum atomic E-state index is 13.6. The highest BCUT2D eigenvalue weighted by atomic mass is 19.4. The Morgan fingerprint density at radius 1 is 1.07 bits per heavy atom. The van der Waals surface area contributed by atoms with E-state index < -0.39 is 17.8 Å². The highest BCUT2D eigenvalue weighted by Crippen LogP contribution is 2.32. The molecule has 0 radical (unpaired) electrons. The molecule has 5 nitrogen and oxygen atoms in total. The van der Waals surface area contributed by atoms with Crippen LogP contribution in [-0.2, 0) is 6.18 Å². The lowest BCUT2D eigenvalue weighted by molar-refractivity contribution is -0.142. The number of nitrogens with zero attached hydrogens (tertiary/aromatic N) is 3. The maximum Gasteiger partial charge on any atom is 0.433 e. The first-order valence-corrected chi connectivity index (χ1v) is 9.26. The monoisotopic (exact) mass is 388 g/mol. The van der Waals surface area contributed by atoms with Gasteiger partial charge in [0.05, 0.1) is 5.69 Å². The lowest BCUT2D eigenvalue weighted by atomic mass is 9.95. The molecular weight excluding hydrogens is 369 g/mol. The van der Waals surface area contributed by atoms with Gasteiger partial charge in [-0.25, -0.2) is 9.50 Å². The molecule has 1 aliphatic rings. The van der Waals surface area contributed by atoms with Crippen LogP contribution in [0.25, 0.3) is 16.9 Å². The molecule has 0 aliphatic heterocycles. The average molecular weight is 388 g/mol. The van der Waals surface area contributed by atoms with Gasteiger partial charge in [-0.05, 0) is 18.9 Å². The number of rotatable bonds is 3. The first-order chi connectivity index (χ1) is 13.4. The molecule has 0 spiro atoms. The summed E-state index contributed by atoms with van der Waals surface area (Å²) in [6.07, 6.45) is 0.342. The number of fused-ring (bicyclic) bond motifs is 1. The standard InChI is InChI=1S/C20H19F3N4O/c21-20(22,23)17-11-15(13-7-3-1-4-8-13)25-18-12-16(26-27(17)18)19(28)24-14-9-5-2-6-10-14/h1,3-4,7-8,11-12,14H,2,5-6,9-10H2,(H,24,28). The van der Waals surface area contributed by atoms with E-state index >= 15 is 0 Å². The Bertz CT molecular complexity index is 992. The molecule has 0 saturated heterocycles. The second-order valence-electron chi connectivity index (χ2n) is 7.00. The highest BCUT2D eigenvalue weighted by Gasteiger charge is 2.35. The zero-order valence-corrected chi connectivity index (χ0v) is 15.0. The molecule has 28 heavy (non-hydrogen) atoms. The van der Waals surface area contributed by atoms with Crippen LogP contribution in [0.3, 0.4) is 0 Å². The molecule has 3 aromatic rings. The van der Waals surface area contributed by atoms with Gasteiger partial charge in [0.25, 0.3) is 5.91 Å². The van der Waals surface area contributed by atoms with Gasteiger partial charge in [-0.15, -0.1) is 0 Å². The SMILES string of the molecule is O=C(NC1CCCCC1)c1cc2nc(-c3ccccc3)cc(C(F)(F)F)n2n1. The molecule has 0 bridgehead atoms. The van der Waals surface area contributed by atoms with Crippen LogP contribution < -0.4 is 5.32 Å². The fraction of sp³-hybridized carbons (Fsp3) is 0.350. The third-order valence-electron chi connectivity index (χ3n) is 4.96. The molecule has 0 atom stereocenters. The number of carbonyl (C=O) groups is 1. The minimum absolute atomic E-state index is 0.0116. The van der Waals surface area contributed by atoms with Crippen molar-refractivity contribution in [3.8, 4) is 11.3 Å². The minimum Gasteiger partial charge on any atom is -0.348 e. The van der Waals surface area contributed by atoms with Crippen LogP contribution in [0, 0.1) is 0 Å². The van der Waals surface area contributed by atoms with E-state index in [0.29, 0.717) is 10.1 Å². The van der Waals surface area contributed by atoms with Crippen LogP contribution in [0.1, 0.15) is 48.3 Å². The van der Waals surface area contributed by atoms with Crippen LogP contribution in [0.15, 0.2) is 42.5 Å². The Kier molecular flexibility index (Phi) is 4.78. The van der Waals surface area contributed by atoms with Crippen molar-refractivity contribution < 1.29 is 18.0 Å². The van der Waals surface area contributed by atoms with E-state index in [4.69, 9.17) is 0 Å². The minimum atomic E-state index is -4.63. The van der Waals surface area contributed by atoms with Crippen LogP contribution in [0.5, 0.6) is 0 Å². The van der Waals surface area contributed by atoms with E-state index in [0.717, 1.165) is 38.2 Å². The normalized spacial score (nSPS) is 15.7. The summed E-state index contributed by atoms with van der Waals surface area (Å²) in [6.45, 7) is 0. The van der Waals surface area contributed by atoms with Gasteiger partial charge < -0.3 is 5.32 Å². The lowest BCUT2D eigenvalue weighted by Gasteiger charge is -2.22. The van der Waals surface area contributed by atoms with E-state index in [9.17, 15) is 18.0 Å². The Labute approximate surface area is 159 Å². The average Bonchev–Trinajstić information content (AvgIpc) is 3.12. The topological polar surface area (TPSA) is 59.3 Å². The molecule has 1 N–H and O–H groups in total. The Balaban J connectivity index is 1.74. The van der Waals surface area contributed by atoms with E-state index in [1.807, 2.05) is 0 Å². The van der Waals surface area contributed by atoms with Crippen LogP contribution in [0.2, 0.25) is 0 Å². The fourth-order valence-corrected chi connectivity index (χ4v) is 3.55. The number of aromatic nitrogens is 3. The van der Waals surface area contributed by atoms with Crippen molar-refractivity contribution in [3.63, 3.8) is 0 Å². The van der Waals surface area contributed by atoms with E-state index in [1.54, 1.807) is 30.3 Å². The molecule has 1 aliphatic carbocycles. The molecule has 1 fully saturated rings. The number of nitrogens with one attached hydrogen (secondary N) is 1. The highest BCUT2D eigenvalue weighted by molar-refractivity contribution is 5.93. The zero-order chi connectivity index (χ0) is 19.7. The first-order valence-electron chi connectivity index (χ1n) is 9.26. The fourth-order valence-electron chi connectivity index (χ4n) is 3.55. The zero-order valence-electron chi connectivity index (χ0n) is 15.0. The largest absolute Gasteiger partial charge is 0.433 e. The predicted octanol–water partition coefficient (Wildman–Crippen LogP) is 4.48. The van der Waals surface area contributed by atoms with E-state index in [2.05, 4.69) is 15.4 Å². The van der Waals surface area contributed by atoms with E-state index in [-0.39, 0.29) is 23.1 Å². The van der Waals surface area contributed by atoms with Gasteiger partial charge in [-0.1, -0.05) is 49.6 Å². The Morgan fingerprint density at radius 2 is 1.79 bits per heavy atom. The summed E-state index contributed by atoms with van der Waals surface area (Å²) in [4.78, 5) is 16.8. The van der Waals surface area contributed by atoms with Crippen molar-refractivity contribution in [1.82, 2.24) is 19.9 Å². The van der Waals surface area contributed by atoms with Crippen LogP contribution in [0.4, 0.5) is 13.2 Å². The van der Waals surface area contributed by atoms with Crippen molar-refractivity contribution in [3.05, 3.63) is 53.9 Å². The molecule has 2 heterocycles. The molecule has 0 unspecified atom stereocenters. The third kappa shape index (κ3) is 3.72. The van der Waals surface area contributed by atoms with Crippen molar-refractivity contribution in [1.29, 1.82) is 0 Å². The molecular formula is C20H19F3N4O. The van der Waals surface area contributed by atoms with Crippen molar-refractivity contribution >= 4 is 11.6 Å². The second kappa shape index (κ2) is 7.26. The number of hydrogen-bond acceptors (Lipinski definition) is 3. The van der Waals surface area contributed by atoms with Crippen molar-refractivity contribution in [2.75, 3.05) is 0 Å². The Hall–Kier alpha value is -2.90. The summed E-state index contributed by atoms with van der Waals surface area (Å²) in [7, 11) is 0. The number of benzene rings is 1. The number of alkyl halides is 3. The lowest BCUT2D eigenvalue weighted by Crippen LogP contribution is -2.36. The summed E-state index contributed by atoms with van der Waals surface area (Å²) < 4.78 is 41.5. The van der Waals surface area contributed by atoms with Crippen molar-refractivity contribution in [2.24, 2.45) is 0 Å². The summed E-state index contributed by atoms with van der Waals surface area (Å²) in [5.74, 6) is -0.466. The molecule has 2 aromatic heterocycles. The molecule has 1 aromatic carbocycles. The van der Waals surface area contributed by atoms with Gasteiger partial charge in [-0.2, -0.15) is 18.3 Å². The van der Waals surface area contributed by atoms with Gasteiger partial charge in [0, 0.05) is 17.7 Å². The molecule has 4 rings (SSSR count). The van der Waals surface area contributed by atoms with Crippen molar-refractivity contribution in [2.45, 2.75) is 44.3 Å². The summed E-state index contributed by atoms with van der Waals surface area (Å²) >= 11 is 0. The smallest absolute Gasteiger partial charge is 0.348 e. The summed E-state index contributed by atoms with van der Waals surface area (Å²) in [5.41, 5.74) is -0.297. The maximum absolute atomic E-state index is 13.6. The van der Waals surface area contributed by atoms with Gasteiger partial charge in [0.2, 0.25) is 0 Å². The van der Waals surface area contributed by atoms with Gasteiger partial charge in [0.1, 0.15) is 0 Å². The molecule has 1 saturated carbocycles. The molecule has 146 valence electrons. The number of hydrogen-bond donors (Lipinski definition) is 1. The predicted molar refractivity (Wildman–Crippen MR) is 97.8 cm³/mol. The number of carbonyl (C=O) groups excluding carboxylic acids is 1. The second-order valence-corrected chi connectivity index (χ2v) is 7.00.